The van der Waals surface area contributed by atoms with E-state index in [0.29, 0.717) is 11.1 Å². The fraction of sp³-hybridized carbons (Fsp3) is 0.429. The van der Waals surface area contributed by atoms with Gasteiger partial charge in [-0.1, -0.05) is 12.8 Å². The molecule has 3 heteroatoms. The van der Waals surface area contributed by atoms with Crippen molar-refractivity contribution in [3.05, 3.63) is 35.4 Å². The molecular formula is C14H16N2O. The van der Waals surface area contributed by atoms with Crippen molar-refractivity contribution < 1.29 is 4.79 Å². The maximum Gasteiger partial charge on any atom is 0.253 e. The highest BCUT2D eigenvalue weighted by Crippen LogP contribution is 2.13. The van der Waals surface area contributed by atoms with Gasteiger partial charge < -0.3 is 4.90 Å². The lowest BCUT2D eigenvalue weighted by Crippen LogP contribution is -2.31. The molecule has 1 aromatic carbocycles. The minimum atomic E-state index is 0.0939. The number of nitrogens with zero attached hydrogens (tertiary/aromatic N) is 2. The summed E-state index contributed by atoms with van der Waals surface area (Å²) >= 11 is 0. The minimum absolute atomic E-state index is 0.0939. The van der Waals surface area contributed by atoms with Crippen LogP contribution < -0.4 is 0 Å². The van der Waals surface area contributed by atoms with Gasteiger partial charge >= 0.3 is 0 Å². The lowest BCUT2D eigenvalue weighted by molar-refractivity contribution is 0.0761. The van der Waals surface area contributed by atoms with Crippen LogP contribution in [0.4, 0.5) is 0 Å². The average molecular weight is 228 g/mol. The van der Waals surface area contributed by atoms with Gasteiger partial charge in [-0.3, -0.25) is 4.79 Å². The van der Waals surface area contributed by atoms with Crippen LogP contribution in [0.15, 0.2) is 24.3 Å². The first-order valence-electron chi connectivity index (χ1n) is 6.11. The maximum absolute atomic E-state index is 12.2. The molecule has 0 N–H and O–H groups in total. The number of carbonyl (C=O) groups excluding carboxylic acids is 1. The Morgan fingerprint density at radius 2 is 1.65 bits per heavy atom. The molecule has 3 nitrogen and oxygen atoms in total. The summed E-state index contributed by atoms with van der Waals surface area (Å²) in [7, 11) is 0. The van der Waals surface area contributed by atoms with Crippen LogP contribution in [0.2, 0.25) is 0 Å². The van der Waals surface area contributed by atoms with Crippen LogP contribution in [-0.2, 0) is 0 Å². The van der Waals surface area contributed by atoms with E-state index in [0.717, 1.165) is 25.9 Å². The van der Waals surface area contributed by atoms with Gasteiger partial charge in [-0.25, -0.2) is 0 Å². The molecule has 1 saturated heterocycles. The number of rotatable bonds is 1. The highest BCUT2D eigenvalue weighted by atomic mass is 16.2. The van der Waals surface area contributed by atoms with E-state index in [1.54, 1.807) is 24.3 Å². The number of hydrogen-bond donors (Lipinski definition) is 0. The normalized spacial score (nSPS) is 16.1. The number of benzene rings is 1. The van der Waals surface area contributed by atoms with Crippen LogP contribution in [0.5, 0.6) is 0 Å². The molecule has 1 heterocycles. The lowest BCUT2D eigenvalue weighted by atomic mass is 10.1. The third-order valence-corrected chi connectivity index (χ3v) is 3.15. The molecule has 88 valence electrons. The Morgan fingerprint density at radius 1 is 1.06 bits per heavy atom. The molecule has 0 unspecified atom stereocenters. The van der Waals surface area contributed by atoms with Gasteiger partial charge in [0.1, 0.15) is 0 Å². The number of nitriles is 1. The minimum Gasteiger partial charge on any atom is -0.339 e. The van der Waals surface area contributed by atoms with Crippen LogP contribution in [0, 0.1) is 11.3 Å². The Labute approximate surface area is 102 Å². The maximum atomic E-state index is 12.2. The molecule has 0 spiro atoms. The van der Waals surface area contributed by atoms with Crippen LogP contribution in [0.1, 0.15) is 41.6 Å². The molecule has 0 aliphatic carbocycles. The largest absolute Gasteiger partial charge is 0.339 e. The lowest BCUT2D eigenvalue weighted by Gasteiger charge is -2.20. The van der Waals surface area contributed by atoms with Crippen molar-refractivity contribution in [3.8, 4) is 6.07 Å². The number of carbonyl (C=O) groups is 1. The van der Waals surface area contributed by atoms with Gasteiger partial charge in [0.25, 0.3) is 5.91 Å². The van der Waals surface area contributed by atoms with Gasteiger partial charge in [0, 0.05) is 18.7 Å². The fourth-order valence-electron chi connectivity index (χ4n) is 2.14. The summed E-state index contributed by atoms with van der Waals surface area (Å²) in [5, 5.41) is 8.71. The second-order valence-corrected chi connectivity index (χ2v) is 4.40. The van der Waals surface area contributed by atoms with E-state index < -0.39 is 0 Å². The Balaban J connectivity index is 2.09. The van der Waals surface area contributed by atoms with Crippen molar-refractivity contribution in [1.82, 2.24) is 4.90 Å². The summed E-state index contributed by atoms with van der Waals surface area (Å²) in [5.74, 6) is 0.0939. The molecule has 2 rings (SSSR count). The topological polar surface area (TPSA) is 44.1 Å². The highest BCUT2D eigenvalue weighted by molar-refractivity contribution is 5.94. The molecule has 17 heavy (non-hydrogen) atoms. The van der Waals surface area contributed by atoms with Crippen molar-refractivity contribution in [2.75, 3.05) is 13.1 Å². The van der Waals surface area contributed by atoms with Gasteiger partial charge in [0.2, 0.25) is 0 Å². The van der Waals surface area contributed by atoms with Crippen molar-refractivity contribution in [2.45, 2.75) is 25.7 Å². The van der Waals surface area contributed by atoms with Crippen LogP contribution in [0.3, 0.4) is 0 Å². The predicted molar refractivity (Wildman–Crippen MR) is 65.5 cm³/mol. The molecule has 1 aliphatic rings. The van der Waals surface area contributed by atoms with E-state index >= 15 is 0 Å². The zero-order valence-electron chi connectivity index (χ0n) is 9.85. The molecule has 1 amide bonds. The second kappa shape index (κ2) is 5.49. The van der Waals surface area contributed by atoms with E-state index in [1.165, 1.54) is 12.8 Å². The van der Waals surface area contributed by atoms with Gasteiger partial charge in [0.05, 0.1) is 11.6 Å². The van der Waals surface area contributed by atoms with Crippen molar-refractivity contribution in [1.29, 1.82) is 5.26 Å². The molecule has 1 aromatic rings. The Kier molecular flexibility index (Phi) is 3.77. The van der Waals surface area contributed by atoms with E-state index in [-0.39, 0.29) is 5.91 Å². The third kappa shape index (κ3) is 2.85. The smallest absolute Gasteiger partial charge is 0.253 e. The summed E-state index contributed by atoms with van der Waals surface area (Å²) in [6, 6.07) is 8.94. The first-order chi connectivity index (χ1) is 8.31. The van der Waals surface area contributed by atoms with Crippen molar-refractivity contribution in [2.24, 2.45) is 0 Å². The number of amides is 1. The molecule has 0 bridgehead atoms. The monoisotopic (exact) mass is 228 g/mol. The van der Waals surface area contributed by atoms with Gasteiger partial charge in [-0.2, -0.15) is 5.26 Å². The van der Waals surface area contributed by atoms with Crippen molar-refractivity contribution >= 4 is 5.91 Å². The Hall–Kier alpha value is -1.82. The highest BCUT2D eigenvalue weighted by Gasteiger charge is 2.16. The Morgan fingerprint density at radius 3 is 2.18 bits per heavy atom. The van der Waals surface area contributed by atoms with E-state index in [1.807, 2.05) is 4.90 Å². The average Bonchev–Trinajstić information content (AvgIpc) is 2.67. The van der Waals surface area contributed by atoms with Gasteiger partial charge in [-0.05, 0) is 37.1 Å². The first-order valence-corrected chi connectivity index (χ1v) is 6.11. The van der Waals surface area contributed by atoms with Crippen molar-refractivity contribution in [3.63, 3.8) is 0 Å². The van der Waals surface area contributed by atoms with E-state index in [4.69, 9.17) is 5.26 Å². The standard InChI is InChI=1S/C14H16N2O/c15-11-12-5-7-13(8-6-12)14(17)16-9-3-1-2-4-10-16/h5-8H,1-4,9-10H2. The van der Waals surface area contributed by atoms with Crippen LogP contribution in [0.25, 0.3) is 0 Å². The number of hydrogen-bond acceptors (Lipinski definition) is 2. The van der Waals surface area contributed by atoms with E-state index in [2.05, 4.69) is 6.07 Å². The summed E-state index contributed by atoms with van der Waals surface area (Å²) in [6.45, 7) is 1.72. The fourth-order valence-corrected chi connectivity index (χ4v) is 2.14. The Bertz CT molecular complexity index is 423. The molecule has 1 fully saturated rings. The molecule has 0 radical (unpaired) electrons. The molecule has 1 aliphatic heterocycles. The van der Waals surface area contributed by atoms with Crippen LogP contribution >= 0.6 is 0 Å². The summed E-state index contributed by atoms with van der Waals surface area (Å²) in [5.41, 5.74) is 1.28. The molecule has 0 saturated carbocycles. The quantitative estimate of drug-likeness (QED) is 0.741. The second-order valence-electron chi connectivity index (χ2n) is 4.40. The van der Waals surface area contributed by atoms with Gasteiger partial charge in [-0.15, -0.1) is 0 Å². The molecular weight excluding hydrogens is 212 g/mol. The predicted octanol–water partition coefficient (Wildman–Crippen LogP) is 2.57. The zero-order chi connectivity index (χ0) is 12.1. The summed E-state index contributed by atoms with van der Waals surface area (Å²) < 4.78 is 0. The molecule has 0 aromatic heterocycles. The summed E-state index contributed by atoms with van der Waals surface area (Å²) in [4.78, 5) is 14.1. The van der Waals surface area contributed by atoms with Crippen LogP contribution in [-0.4, -0.2) is 23.9 Å². The third-order valence-electron chi connectivity index (χ3n) is 3.15. The van der Waals surface area contributed by atoms with E-state index in [9.17, 15) is 4.79 Å². The SMILES string of the molecule is N#Cc1ccc(C(=O)N2CCCCCC2)cc1. The molecule has 0 atom stereocenters. The van der Waals surface area contributed by atoms with Gasteiger partial charge in [0.15, 0.2) is 0 Å². The summed E-state index contributed by atoms with van der Waals surface area (Å²) in [6.07, 6.45) is 4.64. The number of likely N-dealkylation sites (tertiary alicyclic amines) is 1. The first kappa shape index (κ1) is 11.7. The zero-order valence-corrected chi connectivity index (χ0v) is 9.85.